The predicted molar refractivity (Wildman–Crippen MR) is 60.2 cm³/mol. The molecule has 1 aliphatic rings. The molecule has 4 nitrogen and oxygen atoms in total. The number of nitrogens with two attached hydrogens (primary N) is 1. The van der Waals surface area contributed by atoms with Crippen molar-refractivity contribution in [3.63, 3.8) is 0 Å². The standard InChI is InChI=1S/C11H20N4/c1-9-7-15(6-4-11(9)12)8-10-3-5-13-14(10)2/h3,5,9,11H,4,6-8,12H2,1-2H3. The predicted octanol–water partition coefficient (Wildman–Crippen LogP) is 0.589. The average Bonchev–Trinajstić information content (AvgIpc) is 2.59. The van der Waals surface area contributed by atoms with Crippen molar-refractivity contribution in [2.24, 2.45) is 18.7 Å². The van der Waals surface area contributed by atoms with Crippen LogP contribution in [0.15, 0.2) is 12.3 Å². The lowest BCUT2D eigenvalue weighted by atomic mass is 9.95. The van der Waals surface area contributed by atoms with E-state index in [1.165, 1.54) is 5.69 Å². The van der Waals surface area contributed by atoms with Gasteiger partial charge < -0.3 is 5.73 Å². The van der Waals surface area contributed by atoms with Gasteiger partial charge in [-0.1, -0.05) is 6.92 Å². The molecule has 0 spiro atoms. The molecular weight excluding hydrogens is 188 g/mol. The number of rotatable bonds is 2. The van der Waals surface area contributed by atoms with E-state index in [0.717, 1.165) is 26.1 Å². The Morgan fingerprint density at radius 1 is 1.60 bits per heavy atom. The van der Waals surface area contributed by atoms with E-state index >= 15 is 0 Å². The van der Waals surface area contributed by atoms with Crippen molar-refractivity contribution < 1.29 is 0 Å². The van der Waals surface area contributed by atoms with Gasteiger partial charge in [0.25, 0.3) is 0 Å². The Morgan fingerprint density at radius 2 is 2.40 bits per heavy atom. The van der Waals surface area contributed by atoms with Crippen molar-refractivity contribution in [2.45, 2.75) is 25.9 Å². The fourth-order valence-corrected chi connectivity index (χ4v) is 2.18. The van der Waals surface area contributed by atoms with E-state index in [2.05, 4.69) is 23.0 Å². The number of aromatic nitrogens is 2. The van der Waals surface area contributed by atoms with Gasteiger partial charge in [0.1, 0.15) is 0 Å². The molecule has 84 valence electrons. The minimum absolute atomic E-state index is 0.382. The molecule has 2 rings (SSSR count). The summed E-state index contributed by atoms with van der Waals surface area (Å²) in [5, 5.41) is 4.18. The minimum atomic E-state index is 0.382. The second kappa shape index (κ2) is 4.33. The van der Waals surface area contributed by atoms with Crippen LogP contribution in [0, 0.1) is 5.92 Å². The second-order valence-electron chi connectivity index (χ2n) is 4.61. The van der Waals surface area contributed by atoms with Gasteiger partial charge in [-0.2, -0.15) is 5.10 Å². The molecule has 15 heavy (non-hydrogen) atoms. The van der Waals surface area contributed by atoms with Crippen LogP contribution < -0.4 is 5.73 Å². The molecule has 0 aliphatic carbocycles. The maximum Gasteiger partial charge on any atom is 0.0521 e. The summed E-state index contributed by atoms with van der Waals surface area (Å²) in [6.07, 6.45) is 2.97. The quantitative estimate of drug-likeness (QED) is 0.774. The number of hydrogen-bond acceptors (Lipinski definition) is 3. The molecule has 0 saturated carbocycles. The fourth-order valence-electron chi connectivity index (χ4n) is 2.18. The Balaban J connectivity index is 1.94. The number of nitrogens with zero attached hydrogens (tertiary/aromatic N) is 3. The summed E-state index contributed by atoms with van der Waals surface area (Å²) in [6.45, 7) is 5.44. The Kier molecular flexibility index (Phi) is 3.07. The van der Waals surface area contributed by atoms with Crippen molar-refractivity contribution >= 4 is 0 Å². The van der Waals surface area contributed by atoms with Gasteiger partial charge in [0.05, 0.1) is 5.69 Å². The van der Waals surface area contributed by atoms with Gasteiger partial charge in [0.2, 0.25) is 0 Å². The molecule has 0 aromatic carbocycles. The topological polar surface area (TPSA) is 47.1 Å². The fraction of sp³-hybridized carbons (Fsp3) is 0.727. The summed E-state index contributed by atoms with van der Waals surface area (Å²) in [6, 6.07) is 2.46. The summed E-state index contributed by atoms with van der Waals surface area (Å²) in [5.41, 5.74) is 7.28. The van der Waals surface area contributed by atoms with Gasteiger partial charge in [-0.3, -0.25) is 9.58 Å². The molecule has 2 unspecified atom stereocenters. The molecule has 2 N–H and O–H groups in total. The molecular formula is C11H20N4. The van der Waals surface area contributed by atoms with Crippen molar-refractivity contribution in [1.82, 2.24) is 14.7 Å². The van der Waals surface area contributed by atoms with E-state index < -0.39 is 0 Å². The lowest BCUT2D eigenvalue weighted by molar-refractivity contribution is 0.154. The van der Waals surface area contributed by atoms with Gasteiger partial charge in [-0.15, -0.1) is 0 Å². The Labute approximate surface area is 91.1 Å². The normalized spacial score (nSPS) is 28.2. The van der Waals surface area contributed by atoms with E-state index in [9.17, 15) is 0 Å². The summed E-state index contributed by atoms with van der Waals surface area (Å²) in [4.78, 5) is 2.46. The SMILES string of the molecule is CC1CN(Cc2ccnn2C)CCC1N. The zero-order valence-corrected chi connectivity index (χ0v) is 9.56. The van der Waals surface area contributed by atoms with E-state index in [-0.39, 0.29) is 0 Å². The Morgan fingerprint density at radius 3 is 3.00 bits per heavy atom. The van der Waals surface area contributed by atoms with E-state index in [4.69, 9.17) is 5.73 Å². The number of piperidine rings is 1. The highest BCUT2D eigenvalue weighted by Gasteiger charge is 2.23. The highest BCUT2D eigenvalue weighted by atomic mass is 15.3. The largest absolute Gasteiger partial charge is 0.327 e. The molecule has 1 aliphatic heterocycles. The Hall–Kier alpha value is -0.870. The summed E-state index contributed by atoms with van der Waals surface area (Å²) in [5.74, 6) is 0.604. The molecule has 1 fully saturated rings. The van der Waals surface area contributed by atoms with Crippen LogP contribution in [0.25, 0.3) is 0 Å². The third-order valence-electron chi connectivity index (χ3n) is 3.36. The van der Waals surface area contributed by atoms with Crippen LogP contribution in [0.3, 0.4) is 0 Å². The van der Waals surface area contributed by atoms with Gasteiger partial charge >= 0.3 is 0 Å². The molecule has 1 aromatic heterocycles. The summed E-state index contributed by atoms with van der Waals surface area (Å²) in [7, 11) is 1.99. The number of hydrogen-bond donors (Lipinski definition) is 1. The third-order valence-corrected chi connectivity index (χ3v) is 3.36. The molecule has 0 amide bonds. The highest BCUT2D eigenvalue weighted by molar-refractivity contribution is 5.00. The first-order valence-electron chi connectivity index (χ1n) is 5.61. The van der Waals surface area contributed by atoms with Crippen molar-refractivity contribution in [2.75, 3.05) is 13.1 Å². The molecule has 4 heteroatoms. The molecule has 0 radical (unpaired) electrons. The van der Waals surface area contributed by atoms with E-state index in [1.807, 2.05) is 17.9 Å². The van der Waals surface area contributed by atoms with Crippen LogP contribution in [0.5, 0.6) is 0 Å². The van der Waals surface area contributed by atoms with Gasteiger partial charge in [0.15, 0.2) is 0 Å². The van der Waals surface area contributed by atoms with Crippen molar-refractivity contribution in [3.05, 3.63) is 18.0 Å². The van der Waals surface area contributed by atoms with Gasteiger partial charge in [0, 0.05) is 38.9 Å². The zero-order valence-electron chi connectivity index (χ0n) is 9.56. The van der Waals surface area contributed by atoms with Crippen LogP contribution >= 0.6 is 0 Å². The average molecular weight is 208 g/mol. The maximum absolute atomic E-state index is 6.00. The summed E-state index contributed by atoms with van der Waals surface area (Å²) >= 11 is 0. The van der Waals surface area contributed by atoms with Crippen molar-refractivity contribution in [1.29, 1.82) is 0 Å². The van der Waals surface area contributed by atoms with Crippen LogP contribution in [0.2, 0.25) is 0 Å². The summed E-state index contributed by atoms with van der Waals surface area (Å²) < 4.78 is 1.94. The Bertz CT molecular complexity index is 320. The minimum Gasteiger partial charge on any atom is -0.327 e. The number of aryl methyl sites for hydroxylation is 1. The van der Waals surface area contributed by atoms with Crippen LogP contribution in [0.1, 0.15) is 19.0 Å². The van der Waals surface area contributed by atoms with Crippen LogP contribution in [0.4, 0.5) is 0 Å². The number of likely N-dealkylation sites (tertiary alicyclic amines) is 1. The van der Waals surface area contributed by atoms with Crippen LogP contribution in [-0.4, -0.2) is 33.8 Å². The molecule has 0 bridgehead atoms. The van der Waals surface area contributed by atoms with E-state index in [1.54, 1.807) is 0 Å². The maximum atomic E-state index is 6.00. The zero-order chi connectivity index (χ0) is 10.8. The highest BCUT2D eigenvalue weighted by Crippen LogP contribution is 2.16. The molecule has 1 aromatic rings. The van der Waals surface area contributed by atoms with Crippen molar-refractivity contribution in [3.8, 4) is 0 Å². The van der Waals surface area contributed by atoms with Crippen LogP contribution in [-0.2, 0) is 13.6 Å². The first-order chi connectivity index (χ1) is 7.16. The lowest BCUT2D eigenvalue weighted by Crippen LogP contribution is -2.45. The molecule has 1 saturated heterocycles. The third kappa shape index (κ3) is 2.38. The first-order valence-corrected chi connectivity index (χ1v) is 5.61. The van der Waals surface area contributed by atoms with E-state index in [0.29, 0.717) is 12.0 Å². The van der Waals surface area contributed by atoms with Gasteiger partial charge in [-0.05, 0) is 18.4 Å². The second-order valence-corrected chi connectivity index (χ2v) is 4.61. The monoisotopic (exact) mass is 208 g/mol. The molecule has 2 atom stereocenters. The first kappa shape index (κ1) is 10.6. The smallest absolute Gasteiger partial charge is 0.0521 e. The molecule has 2 heterocycles. The lowest BCUT2D eigenvalue weighted by Gasteiger charge is -2.34. The van der Waals surface area contributed by atoms with Gasteiger partial charge in [-0.25, -0.2) is 0 Å².